The monoisotopic (exact) mass is 268 g/mol. The van der Waals surface area contributed by atoms with Crippen LogP contribution in [0.25, 0.3) is 0 Å². The summed E-state index contributed by atoms with van der Waals surface area (Å²) >= 11 is 0. The van der Waals surface area contributed by atoms with Crippen LogP contribution in [0.1, 0.15) is 51.9 Å². The largest absolute Gasteiger partial charge is 0.396 e. The number of hydrogen-bond acceptors (Lipinski definition) is 3. The first-order valence-corrected chi connectivity index (χ1v) is 7.74. The Hall–Kier alpha value is -0.610. The number of nitrogens with one attached hydrogen (secondary N) is 1. The Morgan fingerprint density at radius 2 is 2.05 bits per heavy atom. The lowest BCUT2D eigenvalue weighted by Crippen LogP contribution is -2.49. The molecule has 2 fully saturated rings. The fourth-order valence-corrected chi connectivity index (χ4v) is 3.41. The number of aliphatic hydroxyl groups is 1. The maximum Gasteiger partial charge on any atom is 0.234 e. The first kappa shape index (κ1) is 14.8. The molecule has 2 rings (SSSR count). The SMILES string of the molecule is CC1(CO)CCCN(CC(=O)NC2CCCCC2)C1. The molecule has 2 N–H and O–H groups in total. The van der Waals surface area contributed by atoms with Crippen LogP contribution >= 0.6 is 0 Å². The highest BCUT2D eigenvalue weighted by atomic mass is 16.3. The van der Waals surface area contributed by atoms with E-state index in [-0.39, 0.29) is 17.9 Å². The summed E-state index contributed by atoms with van der Waals surface area (Å²) in [5.41, 5.74) is -0.0244. The van der Waals surface area contributed by atoms with Crippen LogP contribution in [0.5, 0.6) is 0 Å². The van der Waals surface area contributed by atoms with Crippen molar-refractivity contribution in [3.8, 4) is 0 Å². The van der Waals surface area contributed by atoms with Gasteiger partial charge >= 0.3 is 0 Å². The molecule has 1 atom stereocenters. The zero-order valence-electron chi connectivity index (χ0n) is 12.2. The summed E-state index contributed by atoms with van der Waals surface area (Å²) in [6.07, 6.45) is 8.22. The van der Waals surface area contributed by atoms with E-state index in [1.165, 1.54) is 19.3 Å². The molecular weight excluding hydrogens is 240 g/mol. The van der Waals surface area contributed by atoms with Gasteiger partial charge in [0.2, 0.25) is 5.91 Å². The van der Waals surface area contributed by atoms with E-state index in [2.05, 4.69) is 17.1 Å². The van der Waals surface area contributed by atoms with Crippen LogP contribution in [0.15, 0.2) is 0 Å². The van der Waals surface area contributed by atoms with Gasteiger partial charge in [0.1, 0.15) is 0 Å². The zero-order valence-corrected chi connectivity index (χ0v) is 12.2. The summed E-state index contributed by atoms with van der Waals surface area (Å²) < 4.78 is 0. The third-order valence-electron chi connectivity index (χ3n) is 4.58. The summed E-state index contributed by atoms with van der Waals surface area (Å²) in [6, 6.07) is 0.398. The number of piperidine rings is 1. The molecule has 0 aromatic rings. The second-order valence-corrected chi connectivity index (χ2v) is 6.69. The predicted molar refractivity (Wildman–Crippen MR) is 75.9 cm³/mol. The highest BCUT2D eigenvalue weighted by Crippen LogP contribution is 2.28. The molecule has 4 nitrogen and oxygen atoms in total. The molecule has 2 aliphatic rings. The van der Waals surface area contributed by atoms with E-state index in [1.807, 2.05) is 0 Å². The number of aliphatic hydroxyl groups excluding tert-OH is 1. The summed E-state index contributed by atoms with van der Waals surface area (Å²) in [7, 11) is 0. The maximum absolute atomic E-state index is 12.1. The highest BCUT2D eigenvalue weighted by Gasteiger charge is 2.31. The van der Waals surface area contributed by atoms with Crippen LogP contribution < -0.4 is 5.32 Å². The van der Waals surface area contributed by atoms with Gasteiger partial charge in [0, 0.05) is 24.6 Å². The van der Waals surface area contributed by atoms with Crippen molar-refractivity contribution in [2.45, 2.75) is 57.9 Å². The average molecular weight is 268 g/mol. The molecule has 4 heteroatoms. The van der Waals surface area contributed by atoms with Crippen molar-refractivity contribution >= 4 is 5.91 Å². The average Bonchev–Trinajstić information content (AvgIpc) is 2.40. The van der Waals surface area contributed by atoms with Crippen LogP contribution in [0.3, 0.4) is 0 Å². The smallest absolute Gasteiger partial charge is 0.234 e. The molecule has 1 aliphatic carbocycles. The van der Waals surface area contributed by atoms with Gasteiger partial charge in [0.15, 0.2) is 0 Å². The van der Waals surface area contributed by atoms with Crippen LogP contribution in [-0.4, -0.2) is 48.2 Å². The van der Waals surface area contributed by atoms with Crippen molar-refractivity contribution in [3.05, 3.63) is 0 Å². The van der Waals surface area contributed by atoms with E-state index in [1.54, 1.807) is 0 Å². The van der Waals surface area contributed by atoms with Gasteiger partial charge in [-0.2, -0.15) is 0 Å². The van der Waals surface area contributed by atoms with Crippen LogP contribution in [0, 0.1) is 5.41 Å². The van der Waals surface area contributed by atoms with Crippen molar-refractivity contribution in [1.82, 2.24) is 10.2 Å². The fourth-order valence-electron chi connectivity index (χ4n) is 3.41. The minimum Gasteiger partial charge on any atom is -0.396 e. The predicted octanol–water partition coefficient (Wildman–Crippen LogP) is 1.53. The van der Waals surface area contributed by atoms with Crippen molar-refractivity contribution in [1.29, 1.82) is 0 Å². The molecule has 1 unspecified atom stereocenters. The highest BCUT2D eigenvalue weighted by molar-refractivity contribution is 5.78. The minimum absolute atomic E-state index is 0.0244. The Labute approximate surface area is 116 Å². The number of carbonyl (C=O) groups is 1. The normalized spacial score (nSPS) is 30.2. The van der Waals surface area contributed by atoms with E-state index in [0.29, 0.717) is 12.6 Å². The van der Waals surface area contributed by atoms with E-state index >= 15 is 0 Å². The van der Waals surface area contributed by atoms with Gasteiger partial charge in [-0.25, -0.2) is 0 Å². The molecule has 1 heterocycles. The Kier molecular flexibility index (Phi) is 5.22. The molecule has 1 amide bonds. The quantitative estimate of drug-likeness (QED) is 0.813. The summed E-state index contributed by atoms with van der Waals surface area (Å²) in [6.45, 7) is 4.63. The summed E-state index contributed by atoms with van der Waals surface area (Å²) in [5, 5.41) is 12.6. The van der Waals surface area contributed by atoms with Crippen LogP contribution in [0.2, 0.25) is 0 Å². The van der Waals surface area contributed by atoms with Gasteiger partial charge in [-0.3, -0.25) is 9.69 Å². The number of rotatable bonds is 4. The lowest BCUT2D eigenvalue weighted by atomic mass is 9.83. The van der Waals surface area contributed by atoms with Crippen LogP contribution in [-0.2, 0) is 4.79 Å². The van der Waals surface area contributed by atoms with Crippen molar-refractivity contribution < 1.29 is 9.90 Å². The van der Waals surface area contributed by atoms with E-state index in [9.17, 15) is 9.90 Å². The lowest BCUT2D eigenvalue weighted by molar-refractivity contribution is -0.124. The molecule has 0 radical (unpaired) electrons. The van der Waals surface area contributed by atoms with Gasteiger partial charge in [0.05, 0.1) is 6.54 Å². The number of amides is 1. The summed E-state index contributed by atoms with van der Waals surface area (Å²) in [5.74, 6) is 0.161. The van der Waals surface area contributed by atoms with E-state index in [4.69, 9.17) is 0 Å². The Bertz CT molecular complexity index is 303. The third-order valence-corrected chi connectivity index (χ3v) is 4.58. The van der Waals surface area contributed by atoms with Crippen molar-refractivity contribution in [2.75, 3.05) is 26.2 Å². The molecule has 0 aromatic carbocycles. The molecule has 1 saturated carbocycles. The molecule has 110 valence electrons. The molecule has 0 bridgehead atoms. The first-order valence-electron chi connectivity index (χ1n) is 7.74. The van der Waals surface area contributed by atoms with Crippen molar-refractivity contribution in [2.24, 2.45) is 5.41 Å². The van der Waals surface area contributed by atoms with E-state index < -0.39 is 0 Å². The maximum atomic E-state index is 12.1. The van der Waals surface area contributed by atoms with Gasteiger partial charge < -0.3 is 10.4 Å². The first-order chi connectivity index (χ1) is 9.11. The summed E-state index contributed by atoms with van der Waals surface area (Å²) in [4.78, 5) is 14.3. The number of nitrogens with zero attached hydrogens (tertiary/aromatic N) is 1. The van der Waals surface area contributed by atoms with Gasteiger partial charge in [-0.15, -0.1) is 0 Å². The molecule has 1 saturated heterocycles. The molecular formula is C15H28N2O2. The molecule has 0 spiro atoms. The van der Waals surface area contributed by atoms with Gasteiger partial charge in [-0.1, -0.05) is 26.2 Å². The number of hydrogen-bond donors (Lipinski definition) is 2. The Morgan fingerprint density at radius 3 is 2.74 bits per heavy atom. The third kappa shape index (κ3) is 4.46. The van der Waals surface area contributed by atoms with Crippen molar-refractivity contribution in [3.63, 3.8) is 0 Å². The molecule has 0 aromatic heterocycles. The standard InChI is InChI=1S/C15H28N2O2/c1-15(12-18)8-5-9-17(11-15)10-14(19)16-13-6-3-2-4-7-13/h13,18H,2-12H2,1H3,(H,16,19). The lowest BCUT2D eigenvalue weighted by Gasteiger charge is -2.39. The number of likely N-dealkylation sites (tertiary alicyclic amines) is 1. The van der Waals surface area contributed by atoms with Gasteiger partial charge in [-0.05, 0) is 32.2 Å². The molecule has 19 heavy (non-hydrogen) atoms. The fraction of sp³-hybridized carbons (Fsp3) is 0.933. The number of carbonyl (C=O) groups excluding carboxylic acids is 1. The Balaban J connectivity index is 1.75. The minimum atomic E-state index is -0.0244. The topological polar surface area (TPSA) is 52.6 Å². The van der Waals surface area contributed by atoms with Gasteiger partial charge in [0.25, 0.3) is 0 Å². The van der Waals surface area contributed by atoms with E-state index in [0.717, 1.165) is 38.8 Å². The van der Waals surface area contributed by atoms with Crippen LogP contribution in [0.4, 0.5) is 0 Å². The second-order valence-electron chi connectivity index (χ2n) is 6.69. The Morgan fingerprint density at radius 1 is 1.32 bits per heavy atom. The second kappa shape index (κ2) is 6.71. The zero-order chi connectivity index (χ0) is 13.7. The molecule has 1 aliphatic heterocycles.